The molecule has 5 nitrogen and oxygen atoms in total. The number of rotatable bonds is 2. The molecule has 0 aromatic carbocycles. The molecule has 0 aliphatic carbocycles. The fourth-order valence-electron chi connectivity index (χ4n) is 2.21. The highest BCUT2D eigenvalue weighted by Crippen LogP contribution is 2.31. The van der Waals surface area contributed by atoms with Crippen LogP contribution < -0.4 is 5.32 Å². The van der Waals surface area contributed by atoms with E-state index in [-0.39, 0.29) is 18.5 Å². The minimum Gasteiger partial charge on any atom is -0.408 e. The maximum Gasteiger partial charge on any atom is 0.404 e. The van der Waals surface area contributed by atoms with Gasteiger partial charge in [0.05, 0.1) is 0 Å². The highest BCUT2D eigenvalue weighted by Gasteiger charge is 2.44. The number of likely N-dealkylation sites (tertiary alicyclic amines) is 1. The molecule has 0 radical (unpaired) electrons. The number of anilines is 1. The molecule has 8 heteroatoms. The number of aryl methyl sites for hydroxylation is 1. The van der Waals surface area contributed by atoms with Gasteiger partial charge in [-0.15, -0.1) is 5.10 Å². The number of alkyl halides is 3. The Morgan fingerprint density at radius 1 is 1.33 bits per heavy atom. The molecule has 1 aliphatic heterocycles. The van der Waals surface area contributed by atoms with Gasteiger partial charge in [-0.25, -0.2) is 0 Å². The number of piperidine rings is 1. The predicted octanol–water partition coefficient (Wildman–Crippen LogP) is 1.82. The van der Waals surface area contributed by atoms with Crippen LogP contribution in [0.5, 0.6) is 0 Å². The molecular formula is C10H15F3N4O. The van der Waals surface area contributed by atoms with Crippen LogP contribution >= 0.6 is 0 Å². The molecule has 0 spiro atoms. The van der Waals surface area contributed by atoms with Gasteiger partial charge < -0.3 is 9.73 Å². The molecule has 1 aliphatic rings. The van der Waals surface area contributed by atoms with Crippen molar-refractivity contribution in [3.05, 3.63) is 5.89 Å². The molecule has 0 bridgehead atoms. The number of nitrogens with one attached hydrogen (secondary N) is 1. The van der Waals surface area contributed by atoms with Crippen molar-refractivity contribution in [2.75, 3.05) is 18.9 Å². The van der Waals surface area contributed by atoms with Gasteiger partial charge in [-0.1, -0.05) is 5.10 Å². The molecule has 2 rings (SSSR count). The summed E-state index contributed by atoms with van der Waals surface area (Å²) in [5.74, 6) is 0.426. The molecule has 1 N–H and O–H groups in total. The third-order valence-corrected chi connectivity index (χ3v) is 3.06. The molecule has 2 atom stereocenters. The second-order valence-corrected chi connectivity index (χ2v) is 4.54. The van der Waals surface area contributed by atoms with Crippen molar-refractivity contribution >= 4 is 6.01 Å². The average Bonchev–Trinajstić information content (AvgIpc) is 2.62. The molecule has 1 saturated heterocycles. The number of hydrogen-bond donors (Lipinski definition) is 1. The summed E-state index contributed by atoms with van der Waals surface area (Å²) in [4.78, 5) is 1.31. The van der Waals surface area contributed by atoms with Crippen molar-refractivity contribution in [3.63, 3.8) is 0 Å². The summed E-state index contributed by atoms with van der Waals surface area (Å²) in [6, 6.07) is -1.20. The van der Waals surface area contributed by atoms with E-state index in [1.54, 1.807) is 6.92 Å². The van der Waals surface area contributed by atoms with E-state index < -0.39 is 12.2 Å². The molecule has 0 saturated carbocycles. The van der Waals surface area contributed by atoms with Crippen molar-refractivity contribution in [2.24, 2.45) is 0 Å². The summed E-state index contributed by atoms with van der Waals surface area (Å²) in [7, 11) is 1.48. The van der Waals surface area contributed by atoms with Gasteiger partial charge in [0.1, 0.15) is 6.04 Å². The summed E-state index contributed by atoms with van der Waals surface area (Å²) in [5.41, 5.74) is 0. The Labute approximate surface area is 102 Å². The van der Waals surface area contributed by atoms with Crippen LogP contribution in [0.4, 0.5) is 19.2 Å². The summed E-state index contributed by atoms with van der Waals surface area (Å²) in [6.07, 6.45) is -3.67. The zero-order valence-electron chi connectivity index (χ0n) is 10.2. The van der Waals surface area contributed by atoms with Crippen molar-refractivity contribution < 1.29 is 17.6 Å². The van der Waals surface area contributed by atoms with Gasteiger partial charge >= 0.3 is 12.2 Å². The largest absolute Gasteiger partial charge is 0.408 e. The number of likely N-dealkylation sites (N-methyl/N-ethyl adjacent to an activating group) is 1. The lowest BCUT2D eigenvalue weighted by Crippen LogP contribution is -2.52. The van der Waals surface area contributed by atoms with Crippen LogP contribution in [0, 0.1) is 6.92 Å². The molecule has 1 aromatic heterocycles. The minimum absolute atomic E-state index is 0.0742. The van der Waals surface area contributed by atoms with Gasteiger partial charge in [-0.2, -0.15) is 13.2 Å². The first-order chi connectivity index (χ1) is 8.36. The lowest BCUT2D eigenvalue weighted by molar-refractivity contribution is -0.187. The number of hydrogen-bond acceptors (Lipinski definition) is 5. The molecule has 1 aromatic rings. The van der Waals surface area contributed by atoms with Crippen LogP contribution in [0.15, 0.2) is 4.42 Å². The zero-order valence-corrected chi connectivity index (χ0v) is 10.2. The third-order valence-electron chi connectivity index (χ3n) is 3.06. The molecule has 18 heavy (non-hydrogen) atoms. The van der Waals surface area contributed by atoms with Gasteiger partial charge in [-0.05, 0) is 19.9 Å². The lowest BCUT2D eigenvalue weighted by Gasteiger charge is -2.37. The highest BCUT2D eigenvalue weighted by molar-refractivity contribution is 5.20. The highest BCUT2D eigenvalue weighted by atomic mass is 19.4. The molecule has 2 heterocycles. The molecule has 102 valence electrons. The van der Waals surface area contributed by atoms with E-state index in [2.05, 4.69) is 15.5 Å². The normalized spacial score (nSPS) is 26.3. The quantitative estimate of drug-likeness (QED) is 0.883. The fourth-order valence-corrected chi connectivity index (χ4v) is 2.21. The van der Waals surface area contributed by atoms with Crippen molar-refractivity contribution in [2.45, 2.75) is 38.0 Å². The van der Waals surface area contributed by atoms with E-state index in [1.165, 1.54) is 11.9 Å². The Hall–Kier alpha value is -1.31. The van der Waals surface area contributed by atoms with Gasteiger partial charge in [0.2, 0.25) is 5.89 Å². The second-order valence-electron chi connectivity index (χ2n) is 4.54. The van der Waals surface area contributed by atoms with E-state index in [9.17, 15) is 13.2 Å². The van der Waals surface area contributed by atoms with E-state index in [0.29, 0.717) is 18.9 Å². The van der Waals surface area contributed by atoms with Crippen LogP contribution in [0.3, 0.4) is 0 Å². The maximum absolute atomic E-state index is 12.6. The Morgan fingerprint density at radius 3 is 2.56 bits per heavy atom. The molecule has 0 amide bonds. The van der Waals surface area contributed by atoms with Crippen LogP contribution in [-0.4, -0.2) is 46.9 Å². The van der Waals surface area contributed by atoms with Gasteiger partial charge in [0.25, 0.3) is 0 Å². The first-order valence-corrected chi connectivity index (χ1v) is 5.70. The van der Waals surface area contributed by atoms with E-state index >= 15 is 0 Å². The van der Waals surface area contributed by atoms with Crippen molar-refractivity contribution in [1.82, 2.24) is 15.1 Å². The first kappa shape index (κ1) is 13.1. The second kappa shape index (κ2) is 4.75. The third kappa shape index (κ3) is 2.92. The summed E-state index contributed by atoms with van der Waals surface area (Å²) in [6.45, 7) is 1.95. The molecular weight excluding hydrogens is 249 g/mol. The lowest BCUT2D eigenvalue weighted by atomic mass is 9.98. The van der Waals surface area contributed by atoms with Crippen molar-refractivity contribution in [3.8, 4) is 0 Å². The predicted molar refractivity (Wildman–Crippen MR) is 58.2 cm³/mol. The number of halogens is 3. The monoisotopic (exact) mass is 264 g/mol. The smallest absolute Gasteiger partial charge is 0.404 e. The average molecular weight is 264 g/mol. The van der Waals surface area contributed by atoms with Crippen LogP contribution in [0.1, 0.15) is 18.7 Å². The number of nitrogens with zero attached hydrogens (tertiary/aromatic N) is 3. The Morgan fingerprint density at radius 2 is 2.06 bits per heavy atom. The Kier molecular flexibility index (Phi) is 3.47. The first-order valence-electron chi connectivity index (χ1n) is 5.70. The van der Waals surface area contributed by atoms with Crippen LogP contribution in [-0.2, 0) is 0 Å². The SMILES string of the molecule is Cc1nnc(N[C@@H]2CC[C@H](C(F)(F)F)N(C)C2)o1. The number of aromatic nitrogens is 2. The molecule has 0 unspecified atom stereocenters. The van der Waals surface area contributed by atoms with Gasteiger partial charge in [-0.3, -0.25) is 4.90 Å². The fraction of sp³-hybridized carbons (Fsp3) is 0.800. The minimum atomic E-state index is -4.17. The summed E-state index contributed by atoms with van der Waals surface area (Å²) >= 11 is 0. The van der Waals surface area contributed by atoms with E-state index in [1.807, 2.05) is 0 Å². The van der Waals surface area contributed by atoms with Crippen LogP contribution in [0.25, 0.3) is 0 Å². The zero-order chi connectivity index (χ0) is 13.3. The Balaban J connectivity index is 1.92. The topological polar surface area (TPSA) is 54.2 Å². The van der Waals surface area contributed by atoms with E-state index in [4.69, 9.17) is 4.42 Å². The van der Waals surface area contributed by atoms with Gasteiger partial charge in [0.15, 0.2) is 0 Å². The summed E-state index contributed by atoms with van der Waals surface area (Å²) < 4.78 is 43.1. The van der Waals surface area contributed by atoms with Crippen molar-refractivity contribution in [1.29, 1.82) is 0 Å². The van der Waals surface area contributed by atoms with E-state index in [0.717, 1.165) is 0 Å². The Bertz CT molecular complexity index is 406. The van der Waals surface area contributed by atoms with Gasteiger partial charge in [0, 0.05) is 19.5 Å². The summed E-state index contributed by atoms with van der Waals surface area (Å²) in [5, 5.41) is 10.4. The standard InChI is InChI=1S/C10H15F3N4O/c1-6-15-16-9(18-6)14-7-3-4-8(10(11,12)13)17(2)5-7/h7-8H,3-5H2,1-2H3,(H,14,16)/t7-,8-/m1/s1. The molecule has 1 fully saturated rings. The van der Waals surface area contributed by atoms with Crippen LogP contribution in [0.2, 0.25) is 0 Å². The maximum atomic E-state index is 12.6.